The molecule has 1 unspecified atom stereocenters. The van der Waals surface area contributed by atoms with E-state index in [4.69, 9.17) is 23.2 Å². The van der Waals surface area contributed by atoms with E-state index in [1.807, 2.05) is 6.92 Å². The van der Waals surface area contributed by atoms with Gasteiger partial charge in [-0.2, -0.15) is 0 Å². The first-order valence-corrected chi connectivity index (χ1v) is 5.93. The minimum Gasteiger partial charge on any atom is -0.387 e. The van der Waals surface area contributed by atoms with Gasteiger partial charge in [-0.05, 0) is 18.6 Å². The summed E-state index contributed by atoms with van der Waals surface area (Å²) in [5, 5.41) is 18.3. The fourth-order valence-electron chi connectivity index (χ4n) is 1.43. The molecule has 1 heterocycles. The SMILES string of the molecule is CCC(O)c1cn(-c2cccc(Cl)c2Cl)nn1. The molecule has 0 saturated heterocycles. The number of rotatable bonds is 3. The van der Waals surface area contributed by atoms with Crippen LogP contribution in [0.2, 0.25) is 10.0 Å². The molecule has 2 aromatic rings. The van der Waals surface area contributed by atoms with E-state index in [9.17, 15) is 5.11 Å². The maximum Gasteiger partial charge on any atom is 0.112 e. The van der Waals surface area contributed by atoms with Crippen LogP contribution >= 0.6 is 23.2 Å². The first-order valence-electron chi connectivity index (χ1n) is 5.18. The first kappa shape index (κ1) is 12.4. The molecule has 4 nitrogen and oxygen atoms in total. The second kappa shape index (κ2) is 5.04. The van der Waals surface area contributed by atoms with E-state index in [1.54, 1.807) is 24.4 Å². The summed E-state index contributed by atoms with van der Waals surface area (Å²) in [4.78, 5) is 0. The van der Waals surface area contributed by atoms with Gasteiger partial charge in [0.25, 0.3) is 0 Å². The van der Waals surface area contributed by atoms with Gasteiger partial charge in [-0.15, -0.1) is 5.10 Å². The third-order valence-electron chi connectivity index (χ3n) is 2.42. The fourth-order valence-corrected chi connectivity index (χ4v) is 1.81. The molecule has 90 valence electrons. The van der Waals surface area contributed by atoms with Gasteiger partial charge >= 0.3 is 0 Å². The monoisotopic (exact) mass is 271 g/mol. The highest BCUT2D eigenvalue weighted by Gasteiger charge is 2.12. The molecule has 1 atom stereocenters. The minimum atomic E-state index is -0.610. The summed E-state index contributed by atoms with van der Waals surface area (Å²) in [6.45, 7) is 1.87. The lowest BCUT2D eigenvalue weighted by atomic mass is 10.2. The van der Waals surface area contributed by atoms with Crippen LogP contribution in [-0.4, -0.2) is 20.1 Å². The number of halogens is 2. The van der Waals surface area contributed by atoms with Crippen molar-refractivity contribution in [3.63, 3.8) is 0 Å². The Bertz CT molecular complexity index is 527. The van der Waals surface area contributed by atoms with Gasteiger partial charge in [-0.1, -0.05) is 41.4 Å². The van der Waals surface area contributed by atoms with E-state index in [0.29, 0.717) is 27.8 Å². The van der Waals surface area contributed by atoms with Crippen LogP contribution in [0.5, 0.6) is 0 Å². The predicted octanol–water partition coefficient (Wildman–Crippen LogP) is 3.02. The normalized spacial score (nSPS) is 12.7. The molecule has 0 saturated carbocycles. The smallest absolute Gasteiger partial charge is 0.112 e. The second-order valence-corrected chi connectivity index (χ2v) is 4.37. The molecule has 1 aromatic carbocycles. The molecule has 0 bridgehead atoms. The number of benzene rings is 1. The van der Waals surface area contributed by atoms with Crippen molar-refractivity contribution in [1.82, 2.24) is 15.0 Å². The van der Waals surface area contributed by atoms with Crippen molar-refractivity contribution in [3.05, 3.63) is 40.1 Å². The number of aliphatic hydroxyl groups excluding tert-OH is 1. The van der Waals surface area contributed by atoms with Crippen LogP contribution in [0.4, 0.5) is 0 Å². The van der Waals surface area contributed by atoms with Crippen molar-refractivity contribution in [2.45, 2.75) is 19.4 Å². The molecule has 0 aliphatic heterocycles. The van der Waals surface area contributed by atoms with E-state index < -0.39 is 6.10 Å². The highest BCUT2D eigenvalue weighted by atomic mass is 35.5. The number of nitrogens with zero attached hydrogens (tertiary/aromatic N) is 3. The van der Waals surface area contributed by atoms with E-state index in [-0.39, 0.29) is 0 Å². The Morgan fingerprint density at radius 3 is 2.88 bits per heavy atom. The topological polar surface area (TPSA) is 50.9 Å². The summed E-state index contributed by atoms with van der Waals surface area (Å²) >= 11 is 12.0. The van der Waals surface area contributed by atoms with Crippen LogP contribution < -0.4 is 0 Å². The lowest BCUT2D eigenvalue weighted by molar-refractivity contribution is 0.169. The van der Waals surface area contributed by atoms with E-state index in [2.05, 4.69) is 10.3 Å². The van der Waals surface area contributed by atoms with Crippen molar-refractivity contribution in [2.75, 3.05) is 0 Å². The Morgan fingerprint density at radius 2 is 2.18 bits per heavy atom. The molecular formula is C11H11Cl2N3O. The van der Waals surface area contributed by atoms with Crippen LogP contribution in [0, 0.1) is 0 Å². The molecule has 0 radical (unpaired) electrons. The molecule has 0 spiro atoms. The van der Waals surface area contributed by atoms with Gasteiger partial charge < -0.3 is 5.11 Å². The average molecular weight is 272 g/mol. The number of hydrogen-bond donors (Lipinski definition) is 1. The Kier molecular flexibility index (Phi) is 3.66. The Morgan fingerprint density at radius 1 is 1.41 bits per heavy atom. The Balaban J connectivity index is 2.40. The van der Waals surface area contributed by atoms with Gasteiger partial charge in [-0.3, -0.25) is 0 Å². The molecule has 0 aliphatic carbocycles. The molecule has 17 heavy (non-hydrogen) atoms. The van der Waals surface area contributed by atoms with Crippen molar-refractivity contribution in [2.24, 2.45) is 0 Å². The highest BCUT2D eigenvalue weighted by Crippen LogP contribution is 2.28. The summed E-state index contributed by atoms with van der Waals surface area (Å²) in [7, 11) is 0. The highest BCUT2D eigenvalue weighted by molar-refractivity contribution is 6.43. The van der Waals surface area contributed by atoms with Gasteiger partial charge in [0.2, 0.25) is 0 Å². The average Bonchev–Trinajstić information content (AvgIpc) is 2.81. The fraction of sp³-hybridized carbons (Fsp3) is 0.273. The molecule has 2 rings (SSSR count). The predicted molar refractivity (Wildman–Crippen MR) is 66.6 cm³/mol. The van der Waals surface area contributed by atoms with Crippen LogP contribution in [-0.2, 0) is 0 Å². The van der Waals surface area contributed by atoms with Crippen molar-refractivity contribution in [3.8, 4) is 5.69 Å². The molecular weight excluding hydrogens is 261 g/mol. The molecule has 0 aliphatic rings. The van der Waals surface area contributed by atoms with Crippen LogP contribution in [0.25, 0.3) is 5.69 Å². The van der Waals surface area contributed by atoms with Gasteiger partial charge in [0, 0.05) is 0 Å². The number of hydrogen-bond acceptors (Lipinski definition) is 3. The van der Waals surface area contributed by atoms with Crippen LogP contribution in [0.15, 0.2) is 24.4 Å². The third kappa shape index (κ3) is 2.44. The zero-order chi connectivity index (χ0) is 12.4. The molecule has 0 fully saturated rings. The summed E-state index contributed by atoms with van der Waals surface area (Å²) < 4.78 is 1.50. The van der Waals surface area contributed by atoms with Gasteiger partial charge in [0.1, 0.15) is 5.69 Å². The maximum absolute atomic E-state index is 9.64. The zero-order valence-corrected chi connectivity index (χ0v) is 10.7. The second-order valence-electron chi connectivity index (χ2n) is 3.58. The van der Waals surface area contributed by atoms with Gasteiger partial charge in [0.15, 0.2) is 0 Å². The van der Waals surface area contributed by atoms with Crippen LogP contribution in [0.1, 0.15) is 25.1 Å². The zero-order valence-electron chi connectivity index (χ0n) is 9.14. The molecule has 6 heteroatoms. The third-order valence-corrected chi connectivity index (χ3v) is 3.23. The summed E-state index contributed by atoms with van der Waals surface area (Å²) in [6, 6.07) is 5.26. The van der Waals surface area contributed by atoms with Crippen molar-refractivity contribution < 1.29 is 5.11 Å². The molecule has 1 N–H and O–H groups in total. The molecule has 1 aromatic heterocycles. The number of aliphatic hydroxyl groups is 1. The Hall–Kier alpha value is -1.10. The van der Waals surface area contributed by atoms with Crippen molar-refractivity contribution in [1.29, 1.82) is 0 Å². The van der Waals surface area contributed by atoms with Crippen molar-refractivity contribution >= 4 is 23.2 Å². The van der Waals surface area contributed by atoms with E-state index in [0.717, 1.165) is 0 Å². The lowest BCUT2D eigenvalue weighted by Crippen LogP contribution is -1.96. The van der Waals surface area contributed by atoms with Gasteiger partial charge in [-0.25, -0.2) is 4.68 Å². The number of aromatic nitrogens is 3. The first-order chi connectivity index (χ1) is 8.13. The Labute approximate surface area is 109 Å². The lowest BCUT2D eigenvalue weighted by Gasteiger charge is -2.04. The molecule has 0 amide bonds. The van der Waals surface area contributed by atoms with E-state index in [1.165, 1.54) is 4.68 Å². The van der Waals surface area contributed by atoms with E-state index >= 15 is 0 Å². The standard InChI is InChI=1S/C11H11Cl2N3O/c1-2-10(17)8-6-16(15-14-8)9-5-3-4-7(12)11(9)13/h3-6,10,17H,2H2,1H3. The van der Waals surface area contributed by atoms with Gasteiger partial charge in [0.05, 0.1) is 28.0 Å². The maximum atomic E-state index is 9.64. The minimum absolute atomic E-state index is 0.414. The summed E-state index contributed by atoms with van der Waals surface area (Å²) in [5.41, 5.74) is 1.16. The quantitative estimate of drug-likeness (QED) is 0.934. The van der Waals surface area contributed by atoms with Crippen LogP contribution in [0.3, 0.4) is 0 Å². The summed E-state index contributed by atoms with van der Waals surface area (Å²) in [5.74, 6) is 0. The summed E-state index contributed by atoms with van der Waals surface area (Å²) in [6.07, 6.45) is 1.62. The largest absolute Gasteiger partial charge is 0.387 e.